The van der Waals surface area contributed by atoms with Gasteiger partial charge in [-0.25, -0.2) is 0 Å². The molecule has 236 valence electrons. The van der Waals surface area contributed by atoms with E-state index in [0.29, 0.717) is 23.5 Å². The molecule has 3 aliphatic heterocycles. The number of likely N-dealkylation sites (tertiary alicyclic amines) is 1. The summed E-state index contributed by atoms with van der Waals surface area (Å²) < 4.78 is 51.0. The second-order valence-electron chi connectivity index (χ2n) is 10.9. The molecule has 2 atom stereocenters. The molecule has 1 saturated heterocycles. The van der Waals surface area contributed by atoms with Gasteiger partial charge in [0.25, 0.3) is 17.7 Å². The Morgan fingerprint density at radius 3 is 2.48 bits per heavy atom. The van der Waals surface area contributed by atoms with Crippen LogP contribution in [-0.2, 0) is 17.5 Å². The quantitative estimate of drug-likeness (QED) is 0.322. The molecule has 2 aromatic heterocycles. The lowest BCUT2D eigenvalue weighted by molar-refractivity contribution is -0.141. The van der Waals surface area contributed by atoms with Crippen molar-refractivity contribution in [3.05, 3.63) is 108 Å². The molecule has 0 spiro atoms. The first-order chi connectivity index (χ1) is 22.1. The predicted molar refractivity (Wildman–Crippen MR) is 159 cm³/mol. The Labute approximate surface area is 261 Å². The number of carbonyl (C=O) groups is 3. The van der Waals surface area contributed by atoms with Crippen molar-refractivity contribution < 1.29 is 37.0 Å². The molecule has 7 rings (SSSR count). The maximum Gasteiger partial charge on any atom is 0.433 e. The van der Waals surface area contributed by atoms with Crippen LogP contribution >= 0.6 is 0 Å². The summed E-state index contributed by atoms with van der Waals surface area (Å²) >= 11 is 0. The molecule has 2 N–H and O–H groups in total. The van der Waals surface area contributed by atoms with Crippen molar-refractivity contribution in [3.63, 3.8) is 0 Å². The Kier molecular flexibility index (Phi) is 8.55. The van der Waals surface area contributed by atoms with Gasteiger partial charge in [-0.15, -0.1) is 0 Å². The fourth-order valence-corrected chi connectivity index (χ4v) is 5.27. The molecule has 0 aliphatic carbocycles. The molecule has 13 heteroatoms. The van der Waals surface area contributed by atoms with Gasteiger partial charge in [0.15, 0.2) is 6.61 Å². The van der Waals surface area contributed by atoms with E-state index in [4.69, 9.17) is 9.47 Å². The first kappa shape index (κ1) is 30.6. The number of nitrogens with one attached hydrogen (secondary N) is 2. The van der Waals surface area contributed by atoms with Gasteiger partial charge in [-0.05, 0) is 53.6 Å². The van der Waals surface area contributed by atoms with Crippen molar-refractivity contribution in [1.29, 1.82) is 0 Å². The summed E-state index contributed by atoms with van der Waals surface area (Å²) in [6.07, 6.45) is -0.918. The Hall–Kier alpha value is -5.46. The average molecular weight is 632 g/mol. The maximum atomic E-state index is 13.6. The van der Waals surface area contributed by atoms with E-state index in [-0.39, 0.29) is 43.3 Å². The minimum absolute atomic E-state index is 0.00334. The van der Waals surface area contributed by atoms with Crippen molar-refractivity contribution >= 4 is 17.7 Å². The molecule has 1 fully saturated rings. The number of hydrogen-bond acceptors (Lipinski definition) is 7. The van der Waals surface area contributed by atoms with Gasteiger partial charge in [-0.2, -0.15) is 13.2 Å². The van der Waals surface area contributed by atoms with Crippen molar-refractivity contribution in [2.24, 2.45) is 0 Å². The summed E-state index contributed by atoms with van der Waals surface area (Å²) in [7, 11) is 0. The molecule has 3 amide bonds. The molecular formula is C33H28F3N5O5. The second-order valence-corrected chi connectivity index (χ2v) is 10.9. The number of benzene rings is 2. The number of halogens is 3. The lowest BCUT2D eigenvalue weighted by Crippen LogP contribution is -2.58. The number of aromatic nitrogens is 2. The van der Waals surface area contributed by atoms with Crippen molar-refractivity contribution in [2.45, 2.75) is 31.3 Å². The van der Waals surface area contributed by atoms with Gasteiger partial charge in [0, 0.05) is 50.2 Å². The van der Waals surface area contributed by atoms with E-state index < -0.39 is 35.8 Å². The largest absolute Gasteiger partial charge is 0.488 e. The highest BCUT2D eigenvalue weighted by Crippen LogP contribution is 2.28. The highest BCUT2D eigenvalue weighted by molar-refractivity contribution is 5.96. The third-order valence-corrected chi connectivity index (χ3v) is 7.69. The molecule has 2 aromatic carbocycles. The molecule has 5 heterocycles. The molecule has 0 saturated carbocycles. The zero-order valence-electron chi connectivity index (χ0n) is 24.3. The number of nitrogens with zero attached hydrogens (tertiary/aromatic N) is 3. The monoisotopic (exact) mass is 631 g/mol. The van der Waals surface area contributed by atoms with E-state index in [2.05, 4.69) is 20.6 Å². The van der Waals surface area contributed by atoms with Crippen molar-refractivity contribution in [2.75, 3.05) is 19.7 Å². The van der Waals surface area contributed by atoms with Crippen LogP contribution in [0.25, 0.3) is 11.1 Å². The first-order valence-electron chi connectivity index (χ1n) is 14.5. The zero-order valence-corrected chi connectivity index (χ0v) is 24.3. The SMILES string of the molecule is O=C1COc2cccc(c2)-c2cncc(c2)C(=O)N[C@@H]2CN(C(=O)c3ccc(C(F)(F)F)nc3)CC[C@@H]2Oc2ccc(cc2)CN1. The van der Waals surface area contributed by atoms with Crippen LogP contribution in [0.1, 0.15) is 38.4 Å². The van der Waals surface area contributed by atoms with Crippen molar-refractivity contribution in [3.8, 4) is 22.6 Å². The van der Waals surface area contributed by atoms with Crippen LogP contribution < -0.4 is 20.1 Å². The fraction of sp³-hybridized carbons (Fsp3) is 0.242. The Bertz CT molecular complexity index is 1750. The van der Waals surface area contributed by atoms with Crippen LogP contribution in [0.2, 0.25) is 0 Å². The van der Waals surface area contributed by atoms with Crippen molar-refractivity contribution in [1.82, 2.24) is 25.5 Å². The average Bonchev–Trinajstić information content (AvgIpc) is 3.07. The molecule has 4 aromatic rings. The summed E-state index contributed by atoms with van der Waals surface area (Å²) in [6, 6.07) is 17.0. The summed E-state index contributed by atoms with van der Waals surface area (Å²) in [6.45, 7) is 0.367. The van der Waals surface area contributed by atoms with Gasteiger partial charge in [0.05, 0.1) is 17.2 Å². The highest BCUT2D eigenvalue weighted by atomic mass is 19.4. The maximum absolute atomic E-state index is 13.6. The Morgan fingerprint density at radius 2 is 1.72 bits per heavy atom. The fourth-order valence-electron chi connectivity index (χ4n) is 5.27. The number of ether oxygens (including phenoxy) is 2. The number of piperidine rings is 1. The normalized spacial score (nSPS) is 18.7. The second kappa shape index (κ2) is 12.9. The molecule has 0 radical (unpaired) electrons. The van der Waals surface area contributed by atoms with Gasteiger partial charge in [-0.3, -0.25) is 24.4 Å². The van der Waals surface area contributed by atoms with E-state index in [1.165, 1.54) is 11.1 Å². The minimum atomic E-state index is -4.63. The number of carbonyl (C=O) groups excluding carboxylic acids is 3. The summed E-state index contributed by atoms with van der Waals surface area (Å²) in [5.41, 5.74) is 1.35. The molecule has 0 unspecified atom stereocenters. The first-order valence-corrected chi connectivity index (χ1v) is 14.5. The van der Waals surface area contributed by atoms with Crippen LogP contribution in [0.4, 0.5) is 13.2 Å². The lowest BCUT2D eigenvalue weighted by atomic mass is 9.99. The highest BCUT2D eigenvalue weighted by Gasteiger charge is 2.36. The Morgan fingerprint density at radius 1 is 0.913 bits per heavy atom. The number of fused-ring (bicyclic) bond motifs is 7. The number of amides is 3. The van der Waals surface area contributed by atoms with Gasteiger partial charge in [0.1, 0.15) is 23.3 Å². The van der Waals surface area contributed by atoms with Crippen LogP contribution in [-0.4, -0.2) is 64.4 Å². The van der Waals surface area contributed by atoms with Gasteiger partial charge >= 0.3 is 6.18 Å². The molecule has 10 nitrogen and oxygen atoms in total. The molecule has 6 bridgehead atoms. The third-order valence-electron chi connectivity index (χ3n) is 7.69. The van der Waals surface area contributed by atoms with Crippen LogP contribution in [0.3, 0.4) is 0 Å². The zero-order chi connectivity index (χ0) is 32.3. The van der Waals surface area contributed by atoms with E-state index in [1.807, 2.05) is 6.07 Å². The van der Waals surface area contributed by atoms with Gasteiger partial charge in [-0.1, -0.05) is 24.3 Å². The number of alkyl halides is 3. The predicted octanol–water partition coefficient (Wildman–Crippen LogP) is 4.26. The van der Waals surface area contributed by atoms with Crippen LogP contribution in [0.5, 0.6) is 11.5 Å². The number of rotatable bonds is 1. The third kappa shape index (κ3) is 7.09. The molecular weight excluding hydrogens is 603 g/mol. The Balaban J connectivity index is 1.29. The summed E-state index contributed by atoms with van der Waals surface area (Å²) in [5.74, 6) is -0.274. The van der Waals surface area contributed by atoms with E-state index in [0.717, 1.165) is 29.5 Å². The number of hydrogen-bond donors (Lipinski definition) is 2. The molecule has 46 heavy (non-hydrogen) atoms. The van der Waals surface area contributed by atoms with Crippen LogP contribution in [0.15, 0.2) is 85.3 Å². The van der Waals surface area contributed by atoms with E-state index >= 15 is 0 Å². The standard InChI is InChI=1S/C33H28F3N5O5/c34-33(35,36)29-9-6-22(17-38-29)32(44)41-11-10-28-27(18-41)40-31(43)24-12-23(15-37-16-24)21-2-1-3-26(13-21)45-19-30(42)39-14-20-4-7-25(46-28)8-5-20/h1-9,12-13,15-17,27-28H,10-11,14,18-19H2,(H,39,42)(H,40,43)/t27-,28+/m1/s1. The van der Waals surface area contributed by atoms with Gasteiger partial charge in [0.2, 0.25) is 0 Å². The number of pyridine rings is 2. The van der Waals surface area contributed by atoms with Gasteiger partial charge < -0.3 is 25.0 Å². The van der Waals surface area contributed by atoms with E-state index in [9.17, 15) is 27.6 Å². The minimum Gasteiger partial charge on any atom is -0.488 e. The lowest BCUT2D eigenvalue weighted by Gasteiger charge is -2.39. The molecule has 3 aliphatic rings. The summed E-state index contributed by atoms with van der Waals surface area (Å²) in [4.78, 5) is 48.4. The van der Waals surface area contributed by atoms with Crippen LogP contribution in [0, 0.1) is 0 Å². The van der Waals surface area contributed by atoms with E-state index in [1.54, 1.807) is 54.7 Å². The smallest absolute Gasteiger partial charge is 0.433 e. The topological polar surface area (TPSA) is 123 Å². The summed E-state index contributed by atoms with van der Waals surface area (Å²) in [5, 5.41) is 5.81.